The van der Waals surface area contributed by atoms with Gasteiger partial charge in [0, 0.05) is 57.6 Å². The van der Waals surface area contributed by atoms with Crippen LogP contribution in [-0.2, 0) is 13.6 Å². The monoisotopic (exact) mass is 348 g/mol. The minimum atomic E-state index is 0.0714. The summed E-state index contributed by atoms with van der Waals surface area (Å²) >= 11 is 0. The van der Waals surface area contributed by atoms with Crippen LogP contribution >= 0.6 is 0 Å². The normalized spacial score (nSPS) is 19.1. The van der Waals surface area contributed by atoms with E-state index in [-0.39, 0.29) is 6.03 Å². The molecule has 1 aromatic rings. The summed E-state index contributed by atoms with van der Waals surface area (Å²) in [5.74, 6) is 0. The number of urea groups is 1. The van der Waals surface area contributed by atoms with Gasteiger partial charge in [-0.15, -0.1) is 0 Å². The van der Waals surface area contributed by atoms with E-state index in [0.29, 0.717) is 12.6 Å². The molecule has 140 valence electrons. The third-order valence-electron chi connectivity index (χ3n) is 5.20. The zero-order chi connectivity index (χ0) is 17.6. The highest BCUT2D eigenvalue weighted by atomic mass is 16.2. The number of rotatable bonds is 8. The van der Waals surface area contributed by atoms with Crippen molar-refractivity contribution in [3.63, 3.8) is 0 Å². The quantitative estimate of drug-likeness (QED) is 0.716. The average molecular weight is 348 g/mol. The van der Waals surface area contributed by atoms with Gasteiger partial charge in [-0.2, -0.15) is 5.10 Å². The molecular weight excluding hydrogens is 316 g/mol. The van der Waals surface area contributed by atoms with Crippen molar-refractivity contribution in [2.24, 2.45) is 7.05 Å². The molecule has 7 heteroatoms. The van der Waals surface area contributed by atoms with E-state index in [0.717, 1.165) is 57.5 Å². The minimum absolute atomic E-state index is 0.0714. The van der Waals surface area contributed by atoms with Crippen LogP contribution in [0.1, 0.15) is 31.7 Å². The van der Waals surface area contributed by atoms with E-state index < -0.39 is 0 Å². The third-order valence-corrected chi connectivity index (χ3v) is 5.20. The molecule has 7 nitrogen and oxygen atoms in total. The van der Waals surface area contributed by atoms with Crippen LogP contribution in [0, 0.1) is 0 Å². The fourth-order valence-corrected chi connectivity index (χ4v) is 3.43. The topological polar surface area (TPSA) is 56.6 Å². The number of nitrogens with zero attached hydrogens (tertiary/aromatic N) is 5. The lowest BCUT2D eigenvalue weighted by atomic mass is 10.3. The summed E-state index contributed by atoms with van der Waals surface area (Å²) in [5.41, 5.74) is 1.10. The van der Waals surface area contributed by atoms with Crippen LogP contribution in [-0.4, -0.2) is 82.4 Å². The van der Waals surface area contributed by atoms with Crippen LogP contribution in [0.3, 0.4) is 0 Å². The molecule has 2 heterocycles. The molecule has 0 aromatic carbocycles. The predicted octanol–water partition coefficient (Wildman–Crippen LogP) is 1.12. The molecule has 0 atom stereocenters. The van der Waals surface area contributed by atoms with E-state index in [1.54, 1.807) is 4.68 Å². The Kier molecular flexibility index (Phi) is 6.31. The third kappa shape index (κ3) is 5.44. The predicted molar refractivity (Wildman–Crippen MR) is 98.3 cm³/mol. The molecule has 0 unspecified atom stereocenters. The molecule has 2 amide bonds. The van der Waals surface area contributed by atoms with Crippen LogP contribution in [0.15, 0.2) is 12.4 Å². The Hall–Kier alpha value is -1.60. The number of likely N-dealkylation sites (N-methyl/N-ethyl adjacent to an activating group) is 1. The fraction of sp³-hybridized carbons (Fsp3) is 0.778. The number of hydrogen-bond donors (Lipinski definition) is 1. The summed E-state index contributed by atoms with van der Waals surface area (Å²) in [6.45, 7) is 10.5. The van der Waals surface area contributed by atoms with Gasteiger partial charge in [0.2, 0.25) is 0 Å². The van der Waals surface area contributed by atoms with Crippen LogP contribution < -0.4 is 5.32 Å². The van der Waals surface area contributed by atoms with Crippen LogP contribution in [0.25, 0.3) is 0 Å². The van der Waals surface area contributed by atoms with Crippen molar-refractivity contribution in [3.05, 3.63) is 18.0 Å². The van der Waals surface area contributed by atoms with E-state index in [4.69, 9.17) is 0 Å². The first kappa shape index (κ1) is 18.2. The summed E-state index contributed by atoms with van der Waals surface area (Å²) in [6, 6.07) is 0.476. The maximum atomic E-state index is 12.5. The molecule has 1 N–H and O–H groups in total. The van der Waals surface area contributed by atoms with Gasteiger partial charge in [-0.1, -0.05) is 6.92 Å². The van der Waals surface area contributed by atoms with Crippen LogP contribution in [0.5, 0.6) is 0 Å². The van der Waals surface area contributed by atoms with E-state index in [1.807, 2.05) is 24.3 Å². The fourth-order valence-electron chi connectivity index (χ4n) is 3.43. The lowest BCUT2D eigenvalue weighted by molar-refractivity contribution is 0.136. The van der Waals surface area contributed by atoms with Crippen molar-refractivity contribution in [3.8, 4) is 0 Å². The lowest BCUT2D eigenvalue weighted by Crippen LogP contribution is -2.47. The smallest absolute Gasteiger partial charge is 0.317 e. The first-order valence-corrected chi connectivity index (χ1v) is 9.62. The molecule has 1 aromatic heterocycles. The number of amides is 2. The van der Waals surface area contributed by atoms with E-state index in [1.165, 1.54) is 13.1 Å². The van der Waals surface area contributed by atoms with Gasteiger partial charge in [-0.05, 0) is 32.4 Å². The molecule has 1 saturated carbocycles. The molecular formula is C18H32N6O. The maximum Gasteiger partial charge on any atom is 0.317 e. The highest BCUT2D eigenvalue weighted by Gasteiger charge is 2.32. The van der Waals surface area contributed by atoms with Crippen LogP contribution in [0.2, 0.25) is 0 Å². The maximum absolute atomic E-state index is 12.5. The first-order valence-electron chi connectivity index (χ1n) is 9.62. The molecule has 0 bridgehead atoms. The standard InChI is InChI=1S/C18H32N6O/c1-3-22-9-11-23(12-10-22)8-4-7-19-18(25)24(17-5-6-17)15-16-13-20-21(2)14-16/h13-14,17H,3-12,15H2,1-2H3,(H,19,25). The lowest BCUT2D eigenvalue weighted by Gasteiger charge is -2.34. The largest absolute Gasteiger partial charge is 0.338 e. The molecule has 2 fully saturated rings. The molecule has 2 aliphatic rings. The summed E-state index contributed by atoms with van der Waals surface area (Å²) in [5, 5.41) is 7.31. The SMILES string of the molecule is CCN1CCN(CCCNC(=O)N(Cc2cnn(C)c2)C2CC2)CC1. The Labute approximate surface area is 150 Å². The molecule has 0 radical (unpaired) electrons. The second kappa shape index (κ2) is 8.67. The number of piperazine rings is 1. The first-order chi connectivity index (χ1) is 12.2. The van der Waals surface area contributed by atoms with Crippen LogP contribution in [0.4, 0.5) is 4.79 Å². The average Bonchev–Trinajstić information content (AvgIpc) is 3.38. The zero-order valence-electron chi connectivity index (χ0n) is 15.7. The molecule has 1 aliphatic heterocycles. The Morgan fingerprint density at radius 3 is 2.60 bits per heavy atom. The number of carbonyl (C=O) groups is 1. The van der Waals surface area contributed by atoms with Gasteiger partial charge in [-0.3, -0.25) is 4.68 Å². The Morgan fingerprint density at radius 2 is 2.00 bits per heavy atom. The van der Waals surface area contributed by atoms with Gasteiger partial charge in [0.05, 0.1) is 12.7 Å². The molecule has 3 rings (SSSR count). The van der Waals surface area contributed by atoms with E-state index in [9.17, 15) is 4.79 Å². The minimum Gasteiger partial charge on any atom is -0.338 e. The second-order valence-electron chi connectivity index (χ2n) is 7.24. The number of aromatic nitrogens is 2. The zero-order valence-corrected chi connectivity index (χ0v) is 15.7. The van der Waals surface area contributed by atoms with Gasteiger partial charge < -0.3 is 20.0 Å². The molecule has 1 saturated heterocycles. The summed E-state index contributed by atoms with van der Waals surface area (Å²) in [7, 11) is 1.91. The van der Waals surface area contributed by atoms with Crippen molar-refractivity contribution < 1.29 is 4.79 Å². The number of hydrogen-bond acceptors (Lipinski definition) is 4. The molecule has 1 aliphatic carbocycles. The van der Waals surface area contributed by atoms with Gasteiger partial charge in [0.15, 0.2) is 0 Å². The van der Waals surface area contributed by atoms with Gasteiger partial charge >= 0.3 is 6.03 Å². The van der Waals surface area contributed by atoms with Crippen molar-refractivity contribution in [1.82, 2.24) is 29.8 Å². The van der Waals surface area contributed by atoms with Crippen molar-refractivity contribution >= 4 is 6.03 Å². The van der Waals surface area contributed by atoms with Gasteiger partial charge in [-0.25, -0.2) is 4.79 Å². The van der Waals surface area contributed by atoms with Gasteiger partial charge in [0.25, 0.3) is 0 Å². The summed E-state index contributed by atoms with van der Waals surface area (Å²) in [4.78, 5) is 19.5. The number of aryl methyl sites for hydroxylation is 1. The molecule has 0 spiro atoms. The summed E-state index contributed by atoms with van der Waals surface area (Å²) < 4.78 is 1.79. The van der Waals surface area contributed by atoms with Crippen molar-refractivity contribution in [1.29, 1.82) is 0 Å². The molecule has 25 heavy (non-hydrogen) atoms. The summed E-state index contributed by atoms with van der Waals surface area (Å²) in [6.07, 6.45) is 7.09. The van der Waals surface area contributed by atoms with E-state index >= 15 is 0 Å². The van der Waals surface area contributed by atoms with Crippen molar-refractivity contribution in [2.45, 2.75) is 38.8 Å². The van der Waals surface area contributed by atoms with Gasteiger partial charge in [0.1, 0.15) is 0 Å². The Bertz CT molecular complexity index is 548. The Morgan fingerprint density at radius 1 is 1.28 bits per heavy atom. The Balaban J connectivity index is 1.36. The number of carbonyl (C=O) groups excluding carboxylic acids is 1. The van der Waals surface area contributed by atoms with E-state index in [2.05, 4.69) is 27.1 Å². The highest BCUT2D eigenvalue weighted by molar-refractivity contribution is 5.74. The van der Waals surface area contributed by atoms with Crippen molar-refractivity contribution in [2.75, 3.05) is 45.8 Å². The highest BCUT2D eigenvalue weighted by Crippen LogP contribution is 2.28. The number of nitrogens with one attached hydrogen (secondary N) is 1. The second-order valence-corrected chi connectivity index (χ2v) is 7.24.